The van der Waals surface area contributed by atoms with Crippen molar-refractivity contribution in [3.8, 4) is 0 Å². The first-order valence-corrected chi connectivity index (χ1v) is 18.8. The molecule has 42 heavy (non-hydrogen) atoms. The Hall–Kier alpha value is -1.32. The summed E-state index contributed by atoms with van der Waals surface area (Å²) in [6, 6.07) is 0. The Morgan fingerprint density at radius 3 is 1.21 bits per heavy atom. The lowest BCUT2D eigenvalue weighted by atomic mass is 10.0. The number of hydrogen-bond donors (Lipinski definition) is 2. The standard InChI is InChI=1S/C38H73NO3/c1-3-5-7-9-11-13-15-17-19-20-22-24-26-28-30-32-34-39-37(40)35-36(38(41)42)33-31-29-27-25-23-21-18-16-14-12-10-8-6-4-2/h31,33,36H,3-30,32,34-35H2,1-2H3,(H,39,40)(H,41,42)/b33-31+. The maximum Gasteiger partial charge on any atom is 0.310 e. The number of hydrogen-bond acceptors (Lipinski definition) is 2. The first-order chi connectivity index (χ1) is 20.6. The van der Waals surface area contributed by atoms with E-state index in [-0.39, 0.29) is 12.3 Å². The van der Waals surface area contributed by atoms with Crippen molar-refractivity contribution in [2.45, 2.75) is 206 Å². The molecule has 1 amide bonds. The molecular weight excluding hydrogens is 518 g/mol. The smallest absolute Gasteiger partial charge is 0.310 e. The van der Waals surface area contributed by atoms with Crippen LogP contribution in [0.5, 0.6) is 0 Å². The molecule has 0 aromatic rings. The number of carbonyl (C=O) groups is 2. The van der Waals surface area contributed by atoms with E-state index >= 15 is 0 Å². The Kier molecular flexibility index (Phi) is 33.1. The molecule has 0 aliphatic carbocycles. The van der Waals surface area contributed by atoms with Crippen molar-refractivity contribution in [3.63, 3.8) is 0 Å². The van der Waals surface area contributed by atoms with E-state index in [2.05, 4.69) is 19.2 Å². The predicted octanol–water partition coefficient (Wildman–Crippen LogP) is 12.1. The van der Waals surface area contributed by atoms with Gasteiger partial charge in [0.2, 0.25) is 5.91 Å². The number of allylic oxidation sites excluding steroid dienone is 1. The van der Waals surface area contributed by atoms with Crippen LogP contribution in [0.4, 0.5) is 0 Å². The van der Waals surface area contributed by atoms with E-state index in [1.807, 2.05) is 6.08 Å². The van der Waals surface area contributed by atoms with Gasteiger partial charge in [-0.15, -0.1) is 0 Å². The molecule has 248 valence electrons. The van der Waals surface area contributed by atoms with Gasteiger partial charge in [0, 0.05) is 13.0 Å². The minimum atomic E-state index is -0.904. The van der Waals surface area contributed by atoms with Crippen LogP contribution in [0.15, 0.2) is 12.2 Å². The van der Waals surface area contributed by atoms with Gasteiger partial charge >= 0.3 is 5.97 Å². The Bertz CT molecular complexity index is 603. The maximum atomic E-state index is 12.3. The van der Waals surface area contributed by atoms with Crippen LogP contribution in [-0.2, 0) is 9.59 Å². The van der Waals surface area contributed by atoms with Crippen molar-refractivity contribution < 1.29 is 14.7 Å². The fourth-order valence-electron chi connectivity index (χ4n) is 5.77. The lowest BCUT2D eigenvalue weighted by Crippen LogP contribution is -2.28. The number of amides is 1. The molecule has 1 unspecified atom stereocenters. The van der Waals surface area contributed by atoms with Gasteiger partial charge in [0.15, 0.2) is 0 Å². The van der Waals surface area contributed by atoms with Crippen molar-refractivity contribution in [3.05, 3.63) is 12.2 Å². The van der Waals surface area contributed by atoms with Crippen molar-refractivity contribution in [1.82, 2.24) is 5.32 Å². The van der Waals surface area contributed by atoms with Gasteiger partial charge in [-0.3, -0.25) is 9.59 Å². The molecule has 0 aromatic heterocycles. The molecule has 1 atom stereocenters. The summed E-state index contributed by atoms with van der Waals surface area (Å²) in [6.07, 6.45) is 41.9. The van der Waals surface area contributed by atoms with Crippen LogP contribution in [0, 0.1) is 5.92 Å². The molecule has 0 aliphatic rings. The van der Waals surface area contributed by atoms with E-state index in [0.29, 0.717) is 6.54 Å². The number of rotatable bonds is 34. The third-order valence-electron chi connectivity index (χ3n) is 8.67. The van der Waals surface area contributed by atoms with Gasteiger partial charge < -0.3 is 10.4 Å². The number of carboxylic acid groups (broad SMARTS) is 1. The molecular formula is C38H73NO3. The zero-order chi connectivity index (χ0) is 30.8. The third kappa shape index (κ3) is 31.6. The van der Waals surface area contributed by atoms with E-state index in [0.717, 1.165) is 25.7 Å². The van der Waals surface area contributed by atoms with Gasteiger partial charge in [-0.1, -0.05) is 193 Å². The summed E-state index contributed by atoms with van der Waals surface area (Å²) in [4.78, 5) is 23.9. The van der Waals surface area contributed by atoms with Crippen LogP contribution in [0.25, 0.3) is 0 Å². The quantitative estimate of drug-likeness (QED) is 0.0577. The summed E-state index contributed by atoms with van der Waals surface area (Å²) in [5.74, 6) is -1.76. The van der Waals surface area contributed by atoms with Crippen LogP contribution in [-0.4, -0.2) is 23.5 Å². The second-order valence-electron chi connectivity index (χ2n) is 12.9. The summed E-state index contributed by atoms with van der Waals surface area (Å²) < 4.78 is 0. The van der Waals surface area contributed by atoms with E-state index < -0.39 is 11.9 Å². The van der Waals surface area contributed by atoms with Gasteiger partial charge in [-0.25, -0.2) is 0 Å². The second kappa shape index (κ2) is 34.2. The Labute approximate surface area is 262 Å². The Balaban J connectivity index is 3.57. The first kappa shape index (κ1) is 40.7. The summed E-state index contributed by atoms with van der Waals surface area (Å²) in [5.41, 5.74) is 0. The van der Waals surface area contributed by atoms with Crippen molar-refractivity contribution in [2.75, 3.05) is 6.54 Å². The number of aliphatic carboxylic acids is 1. The highest BCUT2D eigenvalue weighted by molar-refractivity contribution is 5.83. The molecule has 4 heteroatoms. The third-order valence-corrected chi connectivity index (χ3v) is 8.67. The Morgan fingerprint density at radius 1 is 0.524 bits per heavy atom. The minimum absolute atomic E-state index is 0.0448. The molecule has 0 radical (unpaired) electrons. The SMILES string of the molecule is CCCCCCCCCCCCCC/C=C/C(CC(=O)NCCCCCCCCCCCCCCCCCC)C(=O)O. The fraction of sp³-hybridized carbons (Fsp3) is 0.895. The molecule has 4 nitrogen and oxygen atoms in total. The number of unbranched alkanes of at least 4 members (excludes halogenated alkanes) is 27. The van der Waals surface area contributed by atoms with Crippen molar-refractivity contribution >= 4 is 11.9 Å². The van der Waals surface area contributed by atoms with E-state index in [1.54, 1.807) is 6.08 Å². The summed E-state index contributed by atoms with van der Waals surface area (Å²) in [7, 11) is 0. The highest BCUT2D eigenvalue weighted by Gasteiger charge is 2.17. The lowest BCUT2D eigenvalue weighted by molar-refractivity contribution is -0.142. The summed E-state index contributed by atoms with van der Waals surface area (Å²) in [5, 5.41) is 12.4. The molecule has 0 heterocycles. The van der Waals surface area contributed by atoms with Crippen molar-refractivity contribution in [2.24, 2.45) is 5.92 Å². The summed E-state index contributed by atoms with van der Waals surface area (Å²) >= 11 is 0. The van der Waals surface area contributed by atoms with Crippen LogP contribution < -0.4 is 5.32 Å². The molecule has 0 aromatic carbocycles. The van der Waals surface area contributed by atoms with E-state index in [1.165, 1.54) is 161 Å². The maximum absolute atomic E-state index is 12.3. The number of nitrogens with one attached hydrogen (secondary N) is 1. The molecule has 0 saturated heterocycles. The number of carboxylic acids is 1. The molecule has 2 N–H and O–H groups in total. The second-order valence-corrected chi connectivity index (χ2v) is 12.9. The Morgan fingerprint density at radius 2 is 0.857 bits per heavy atom. The largest absolute Gasteiger partial charge is 0.481 e. The fourth-order valence-corrected chi connectivity index (χ4v) is 5.77. The zero-order valence-electron chi connectivity index (χ0n) is 28.4. The normalized spacial score (nSPS) is 12.2. The van der Waals surface area contributed by atoms with Crippen LogP contribution in [0.2, 0.25) is 0 Å². The molecule has 0 bridgehead atoms. The predicted molar refractivity (Wildman–Crippen MR) is 183 cm³/mol. The summed E-state index contributed by atoms with van der Waals surface area (Å²) in [6.45, 7) is 5.20. The lowest BCUT2D eigenvalue weighted by Gasteiger charge is -2.09. The monoisotopic (exact) mass is 592 g/mol. The number of carbonyl (C=O) groups excluding carboxylic acids is 1. The van der Waals surface area contributed by atoms with E-state index in [9.17, 15) is 14.7 Å². The molecule has 0 fully saturated rings. The zero-order valence-corrected chi connectivity index (χ0v) is 28.4. The van der Waals surface area contributed by atoms with Crippen LogP contribution in [0.1, 0.15) is 206 Å². The highest BCUT2D eigenvalue weighted by Crippen LogP contribution is 2.15. The first-order valence-electron chi connectivity index (χ1n) is 18.8. The van der Waals surface area contributed by atoms with Gasteiger partial charge in [-0.05, 0) is 19.3 Å². The molecule has 0 spiro atoms. The molecule has 0 rings (SSSR count). The topological polar surface area (TPSA) is 66.4 Å². The van der Waals surface area contributed by atoms with Crippen molar-refractivity contribution in [1.29, 1.82) is 0 Å². The van der Waals surface area contributed by atoms with Gasteiger partial charge in [0.25, 0.3) is 0 Å². The van der Waals surface area contributed by atoms with E-state index in [4.69, 9.17) is 0 Å². The molecule has 0 saturated carbocycles. The van der Waals surface area contributed by atoms with Crippen LogP contribution in [0.3, 0.4) is 0 Å². The minimum Gasteiger partial charge on any atom is -0.481 e. The van der Waals surface area contributed by atoms with Gasteiger partial charge in [0.05, 0.1) is 5.92 Å². The highest BCUT2D eigenvalue weighted by atomic mass is 16.4. The van der Waals surface area contributed by atoms with Crippen LogP contribution >= 0.6 is 0 Å². The van der Waals surface area contributed by atoms with Gasteiger partial charge in [0.1, 0.15) is 0 Å². The van der Waals surface area contributed by atoms with Gasteiger partial charge in [-0.2, -0.15) is 0 Å². The molecule has 0 aliphatic heterocycles. The average molecular weight is 592 g/mol. The average Bonchev–Trinajstić information content (AvgIpc) is 2.98.